The van der Waals surface area contributed by atoms with E-state index in [9.17, 15) is 9.59 Å². The van der Waals surface area contributed by atoms with E-state index >= 15 is 0 Å². The third-order valence-electron chi connectivity index (χ3n) is 4.74. The van der Waals surface area contributed by atoms with E-state index in [0.717, 1.165) is 16.6 Å². The number of H-pyrrole nitrogens is 1. The van der Waals surface area contributed by atoms with E-state index in [0.29, 0.717) is 6.42 Å². The SMILES string of the molecule is C[C@@H]1c2[nH]c3ccccc3c2C[C@H]2C(=O)N(C)CC(=O)N12. The van der Waals surface area contributed by atoms with Crippen LogP contribution in [0.25, 0.3) is 10.9 Å². The number of para-hydroxylation sites is 1. The van der Waals surface area contributed by atoms with Crippen molar-refractivity contribution in [1.29, 1.82) is 0 Å². The number of hydrogen-bond acceptors (Lipinski definition) is 2. The molecule has 2 amide bonds. The predicted molar refractivity (Wildman–Crippen MR) is 78.7 cm³/mol. The van der Waals surface area contributed by atoms with Crippen molar-refractivity contribution in [2.24, 2.45) is 0 Å². The normalized spacial score (nSPS) is 25.2. The van der Waals surface area contributed by atoms with Gasteiger partial charge in [0.15, 0.2) is 0 Å². The molecule has 0 aliphatic carbocycles. The summed E-state index contributed by atoms with van der Waals surface area (Å²) >= 11 is 0. The van der Waals surface area contributed by atoms with Crippen LogP contribution in [-0.4, -0.2) is 46.2 Å². The Hall–Kier alpha value is -2.30. The lowest BCUT2D eigenvalue weighted by Gasteiger charge is -2.45. The van der Waals surface area contributed by atoms with Gasteiger partial charge < -0.3 is 14.8 Å². The van der Waals surface area contributed by atoms with Crippen molar-refractivity contribution in [2.45, 2.75) is 25.4 Å². The molecule has 1 aromatic heterocycles. The summed E-state index contributed by atoms with van der Waals surface area (Å²) < 4.78 is 0. The van der Waals surface area contributed by atoms with E-state index in [4.69, 9.17) is 0 Å². The number of rotatable bonds is 0. The van der Waals surface area contributed by atoms with Crippen LogP contribution >= 0.6 is 0 Å². The average Bonchev–Trinajstić information content (AvgIpc) is 2.84. The number of carbonyl (C=O) groups is 2. The molecule has 0 radical (unpaired) electrons. The van der Waals surface area contributed by atoms with Gasteiger partial charge in [0.05, 0.1) is 12.6 Å². The Bertz CT molecular complexity index is 764. The smallest absolute Gasteiger partial charge is 0.245 e. The van der Waals surface area contributed by atoms with Crippen LogP contribution in [-0.2, 0) is 16.0 Å². The first kappa shape index (κ1) is 12.4. The van der Waals surface area contributed by atoms with Crippen molar-refractivity contribution in [3.8, 4) is 0 Å². The van der Waals surface area contributed by atoms with Crippen LogP contribution in [0.1, 0.15) is 24.2 Å². The van der Waals surface area contributed by atoms with Crippen LogP contribution in [0.2, 0.25) is 0 Å². The Morgan fingerprint density at radius 2 is 2.00 bits per heavy atom. The van der Waals surface area contributed by atoms with Crippen molar-refractivity contribution < 1.29 is 9.59 Å². The number of piperazine rings is 1. The molecule has 5 heteroatoms. The Morgan fingerprint density at radius 3 is 2.81 bits per heavy atom. The van der Waals surface area contributed by atoms with Crippen molar-refractivity contribution in [3.05, 3.63) is 35.5 Å². The highest BCUT2D eigenvalue weighted by Crippen LogP contribution is 2.38. The number of aromatic nitrogens is 1. The molecule has 1 N–H and O–H groups in total. The minimum absolute atomic E-state index is 0.0268. The van der Waals surface area contributed by atoms with Crippen LogP contribution < -0.4 is 0 Å². The van der Waals surface area contributed by atoms with Gasteiger partial charge in [0, 0.05) is 30.1 Å². The van der Waals surface area contributed by atoms with Gasteiger partial charge >= 0.3 is 0 Å². The van der Waals surface area contributed by atoms with E-state index in [1.165, 1.54) is 10.5 Å². The van der Waals surface area contributed by atoms with Crippen molar-refractivity contribution in [2.75, 3.05) is 13.6 Å². The average molecular weight is 283 g/mol. The second-order valence-corrected chi connectivity index (χ2v) is 5.95. The number of amides is 2. The number of nitrogens with one attached hydrogen (secondary N) is 1. The molecule has 2 aromatic rings. The van der Waals surface area contributed by atoms with E-state index in [2.05, 4.69) is 11.1 Å². The zero-order valence-corrected chi connectivity index (χ0v) is 12.1. The third kappa shape index (κ3) is 1.57. The molecule has 4 rings (SSSR count). The number of aromatic amines is 1. The lowest BCUT2D eigenvalue weighted by molar-refractivity contribution is -0.157. The fourth-order valence-electron chi connectivity index (χ4n) is 3.71. The standard InChI is InChI=1S/C16H17N3O2/c1-9-15-11(10-5-3-4-6-12(10)17-15)7-13-16(21)18(2)8-14(20)19(9)13/h3-6,9,13,17H,7-8H2,1-2H3/t9-,13+/m1/s1. The molecule has 108 valence electrons. The van der Waals surface area contributed by atoms with E-state index in [-0.39, 0.29) is 30.4 Å². The summed E-state index contributed by atoms with van der Waals surface area (Å²) in [7, 11) is 1.70. The van der Waals surface area contributed by atoms with Gasteiger partial charge in [-0.1, -0.05) is 18.2 Å². The predicted octanol–water partition coefficient (Wildman–Crippen LogP) is 1.45. The Kier molecular flexibility index (Phi) is 2.43. The number of fused-ring (bicyclic) bond motifs is 4. The van der Waals surface area contributed by atoms with Crippen molar-refractivity contribution in [3.63, 3.8) is 0 Å². The summed E-state index contributed by atoms with van der Waals surface area (Å²) in [6.07, 6.45) is 0.596. The second-order valence-electron chi connectivity index (χ2n) is 5.95. The van der Waals surface area contributed by atoms with Crippen molar-refractivity contribution in [1.82, 2.24) is 14.8 Å². The van der Waals surface area contributed by atoms with Gasteiger partial charge in [-0.25, -0.2) is 0 Å². The lowest BCUT2D eigenvalue weighted by atomic mass is 9.90. The Balaban J connectivity index is 1.90. The molecule has 2 aliphatic heterocycles. The van der Waals surface area contributed by atoms with Crippen molar-refractivity contribution >= 4 is 22.7 Å². The number of nitrogens with zero attached hydrogens (tertiary/aromatic N) is 2. The van der Waals surface area contributed by atoms with Crippen LogP contribution in [0.4, 0.5) is 0 Å². The van der Waals surface area contributed by atoms with Gasteiger partial charge in [0.1, 0.15) is 6.04 Å². The van der Waals surface area contributed by atoms with E-state index < -0.39 is 0 Å². The molecular formula is C16H17N3O2. The molecule has 1 aromatic carbocycles. The molecule has 0 saturated carbocycles. The fourth-order valence-corrected chi connectivity index (χ4v) is 3.71. The summed E-state index contributed by atoms with van der Waals surface area (Å²) in [4.78, 5) is 31.5. The molecule has 5 nitrogen and oxygen atoms in total. The first-order valence-electron chi connectivity index (χ1n) is 7.23. The van der Waals surface area contributed by atoms with E-state index in [1.807, 2.05) is 25.1 Å². The number of carbonyl (C=O) groups excluding carboxylic acids is 2. The van der Waals surface area contributed by atoms with Gasteiger partial charge in [0.2, 0.25) is 11.8 Å². The quantitative estimate of drug-likeness (QED) is 0.795. The molecule has 2 aliphatic rings. The number of hydrogen-bond donors (Lipinski definition) is 1. The highest BCUT2D eigenvalue weighted by Gasteiger charge is 2.45. The van der Waals surface area contributed by atoms with Gasteiger partial charge in [0.25, 0.3) is 0 Å². The zero-order valence-electron chi connectivity index (χ0n) is 12.1. The summed E-state index contributed by atoms with van der Waals surface area (Å²) in [5.41, 5.74) is 3.32. The third-order valence-corrected chi connectivity index (χ3v) is 4.74. The zero-order chi connectivity index (χ0) is 14.7. The fraction of sp³-hybridized carbons (Fsp3) is 0.375. The largest absolute Gasteiger partial charge is 0.356 e. The molecule has 0 spiro atoms. The number of likely N-dealkylation sites (N-methyl/N-ethyl adjacent to an activating group) is 1. The lowest BCUT2D eigenvalue weighted by Crippen LogP contribution is -2.61. The summed E-state index contributed by atoms with van der Waals surface area (Å²) in [5.74, 6) is 0.0660. The first-order valence-corrected chi connectivity index (χ1v) is 7.23. The first-order chi connectivity index (χ1) is 10.1. The van der Waals surface area contributed by atoms with Crippen LogP contribution in [0.3, 0.4) is 0 Å². The van der Waals surface area contributed by atoms with Crippen LogP contribution in [0.15, 0.2) is 24.3 Å². The minimum Gasteiger partial charge on any atom is -0.356 e. The molecule has 3 heterocycles. The molecule has 2 atom stereocenters. The molecule has 21 heavy (non-hydrogen) atoms. The topological polar surface area (TPSA) is 56.4 Å². The van der Waals surface area contributed by atoms with Crippen LogP contribution in [0, 0.1) is 0 Å². The Labute approximate surface area is 122 Å². The second kappa shape index (κ2) is 4.10. The maximum absolute atomic E-state index is 12.4. The summed E-state index contributed by atoms with van der Waals surface area (Å²) in [5, 5.41) is 1.16. The molecule has 0 unspecified atom stereocenters. The minimum atomic E-state index is -0.363. The highest BCUT2D eigenvalue weighted by atomic mass is 16.2. The highest BCUT2D eigenvalue weighted by molar-refractivity contribution is 5.97. The maximum atomic E-state index is 12.4. The maximum Gasteiger partial charge on any atom is 0.245 e. The molecule has 1 saturated heterocycles. The van der Waals surface area contributed by atoms with Gasteiger partial charge in [-0.3, -0.25) is 9.59 Å². The molecule has 0 bridgehead atoms. The van der Waals surface area contributed by atoms with Gasteiger partial charge in [-0.05, 0) is 18.6 Å². The number of benzene rings is 1. The van der Waals surface area contributed by atoms with Gasteiger partial charge in [-0.2, -0.15) is 0 Å². The summed E-state index contributed by atoms with van der Waals surface area (Å²) in [6.45, 7) is 2.17. The monoisotopic (exact) mass is 283 g/mol. The van der Waals surface area contributed by atoms with E-state index in [1.54, 1.807) is 11.9 Å². The van der Waals surface area contributed by atoms with Gasteiger partial charge in [-0.15, -0.1) is 0 Å². The molecule has 1 fully saturated rings. The Morgan fingerprint density at radius 1 is 1.24 bits per heavy atom. The summed E-state index contributed by atoms with van der Waals surface area (Å²) in [6, 6.07) is 7.66. The molecular weight excluding hydrogens is 266 g/mol. The van der Waals surface area contributed by atoms with Crippen LogP contribution in [0.5, 0.6) is 0 Å².